The van der Waals surface area contributed by atoms with E-state index in [1.165, 1.54) is 48.5 Å². The lowest BCUT2D eigenvalue weighted by Gasteiger charge is -2.36. The number of thiazole rings is 1. The number of carbonyl (C=O) groups excluding carboxylic acids is 4. The van der Waals surface area contributed by atoms with Crippen LogP contribution in [0, 0.1) is 10.1 Å². The molecule has 17 heteroatoms. The zero-order valence-electron chi connectivity index (χ0n) is 19.7. The van der Waals surface area contributed by atoms with Crippen molar-refractivity contribution in [2.24, 2.45) is 5.16 Å². The molecule has 3 amide bonds. The zero-order chi connectivity index (χ0) is 27.7. The van der Waals surface area contributed by atoms with E-state index in [1.807, 2.05) is 0 Å². The number of non-ortho nitro benzene ring substituents is 1. The van der Waals surface area contributed by atoms with E-state index in [0.717, 1.165) is 11.3 Å². The second kappa shape index (κ2) is 13.7. The first-order valence-electron chi connectivity index (χ1n) is 10.8. The first-order chi connectivity index (χ1) is 18.2. The van der Waals surface area contributed by atoms with Gasteiger partial charge in [0.2, 0.25) is 11.8 Å². The van der Waals surface area contributed by atoms with Gasteiger partial charge in [-0.1, -0.05) is 5.16 Å². The third kappa shape index (κ3) is 7.87. The molecule has 0 radical (unpaired) electrons. The summed E-state index contributed by atoms with van der Waals surface area (Å²) in [6.07, 6.45) is 0.0384. The number of anilines is 1. The Hall–Kier alpha value is -3.76. The number of amides is 3. The van der Waals surface area contributed by atoms with Gasteiger partial charge in [0.15, 0.2) is 10.8 Å². The number of thioether (sulfide) groups is 1. The molecule has 38 heavy (non-hydrogen) atoms. The summed E-state index contributed by atoms with van der Waals surface area (Å²) in [7, 11) is 1.24. The number of hydrogen-bond acceptors (Lipinski definition) is 12. The third-order valence-electron chi connectivity index (χ3n) is 4.82. The molecular weight excluding hydrogens is 564 g/mol. The summed E-state index contributed by atoms with van der Waals surface area (Å²) in [4.78, 5) is 67.4. The topological polar surface area (TPSA) is 191 Å². The second-order valence-corrected chi connectivity index (χ2v) is 9.80. The molecule has 2 unspecified atom stereocenters. The molecule has 0 bridgehead atoms. The number of β-lactam (4-membered cyclic amide) rings is 1. The zero-order valence-corrected chi connectivity index (χ0v) is 22.1. The van der Waals surface area contributed by atoms with Crippen molar-refractivity contribution in [2.75, 3.05) is 24.1 Å². The van der Waals surface area contributed by atoms with Crippen LogP contribution in [0.15, 0.2) is 34.8 Å². The van der Waals surface area contributed by atoms with E-state index >= 15 is 0 Å². The Morgan fingerprint density at radius 1 is 1.32 bits per heavy atom. The molecule has 0 saturated carbocycles. The highest BCUT2D eigenvalue weighted by molar-refractivity contribution is 8.00. The van der Waals surface area contributed by atoms with Gasteiger partial charge in [0.1, 0.15) is 36.7 Å². The summed E-state index contributed by atoms with van der Waals surface area (Å²) in [6, 6.07) is 4.76. The number of nitro groups is 1. The lowest BCUT2D eigenvalue weighted by Crippen LogP contribution is -2.68. The Labute approximate surface area is 228 Å². The summed E-state index contributed by atoms with van der Waals surface area (Å²) >= 11 is 7.75. The number of rotatable bonds is 13. The van der Waals surface area contributed by atoms with Crippen molar-refractivity contribution >= 4 is 74.9 Å². The summed E-state index contributed by atoms with van der Waals surface area (Å²) in [5, 5.41) is 23.3. The standard InChI is InChI=1S/C21H21ClN6O8S2/c1-35-27-16(13-10-38-21(23-13)24-14(29)8-22)18(31)25-17-19(32)26-20(17)37-7-6-15(30)36-9-11-2-4-12(5-3-11)28(33)34/h2-5,10,17,20H,6-9H2,1H3,(H,25,31)(H,26,32)(H,23,24,29). The molecule has 3 rings (SSSR count). The quantitative estimate of drug-likeness (QED) is 0.0773. The molecule has 1 fully saturated rings. The number of esters is 1. The maximum atomic E-state index is 12.8. The number of oxime groups is 1. The average Bonchev–Trinajstić information content (AvgIpc) is 3.36. The number of carbonyl (C=O) groups is 4. The molecule has 1 aliphatic heterocycles. The highest BCUT2D eigenvalue weighted by atomic mass is 35.5. The van der Waals surface area contributed by atoms with Crippen molar-refractivity contribution < 1.29 is 33.7 Å². The maximum Gasteiger partial charge on any atom is 0.306 e. The van der Waals surface area contributed by atoms with E-state index < -0.39 is 40.0 Å². The number of ether oxygens (including phenoxy) is 1. The molecule has 1 aromatic carbocycles. The van der Waals surface area contributed by atoms with Gasteiger partial charge in [-0.25, -0.2) is 4.98 Å². The predicted octanol–water partition coefficient (Wildman–Crippen LogP) is 1.39. The minimum atomic E-state index is -0.889. The van der Waals surface area contributed by atoms with Crippen molar-refractivity contribution in [3.8, 4) is 0 Å². The Morgan fingerprint density at radius 3 is 2.68 bits per heavy atom. The minimum absolute atomic E-state index is 0.0319. The Kier molecular flexibility index (Phi) is 10.4. The molecule has 2 aromatic rings. The highest BCUT2D eigenvalue weighted by Crippen LogP contribution is 2.22. The molecule has 1 aromatic heterocycles. The molecule has 1 aliphatic rings. The van der Waals surface area contributed by atoms with Gasteiger partial charge in [0.25, 0.3) is 11.6 Å². The minimum Gasteiger partial charge on any atom is -0.461 e. The van der Waals surface area contributed by atoms with Gasteiger partial charge in [0, 0.05) is 23.3 Å². The van der Waals surface area contributed by atoms with E-state index in [-0.39, 0.29) is 41.1 Å². The molecule has 202 valence electrons. The molecule has 3 N–H and O–H groups in total. The summed E-state index contributed by atoms with van der Waals surface area (Å²) in [5.74, 6) is -2.06. The molecular formula is C21H21ClN6O8S2. The molecule has 2 heterocycles. The second-order valence-electron chi connectivity index (χ2n) is 7.43. The normalized spacial score (nSPS) is 16.6. The van der Waals surface area contributed by atoms with Crippen LogP contribution < -0.4 is 16.0 Å². The molecule has 2 atom stereocenters. The fourth-order valence-electron chi connectivity index (χ4n) is 2.95. The predicted molar refractivity (Wildman–Crippen MR) is 139 cm³/mol. The van der Waals surface area contributed by atoms with Gasteiger partial charge in [-0.2, -0.15) is 0 Å². The number of nitrogens with zero attached hydrogens (tertiary/aromatic N) is 3. The van der Waals surface area contributed by atoms with Crippen LogP contribution in [0.5, 0.6) is 0 Å². The number of alkyl halides is 1. The third-order valence-corrected chi connectivity index (χ3v) is 7.01. The van der Waals surface area contributed by atoms with Crippen LogP contribution in [0.3, 0.4) is 0 Å². The number of benzene rings is 1. The van der Waals surface area contributed by atoms with E-state index in [0.29, 0.717) is 11.3 Å². The van der Waals surface area contributed by atoms with Crippen LogP contribution >= 0.6 is 34.7 Å². The average molecular weight is 585 g/mol. The summed E-state index contributed by atoms with van der Waals surface area (Å²) in [5.41, 5.74) is 0.466. The smallest absolute Gasteiger partial charge is 0.306 e. The largest absolute Gasteiger partial charge is 0.461 e. The van der Waals surface area contributed by atoms with Crippen LogP contribution in [0.4, 0.5) is 10.8 Å². The molecule has 1 saturated heterocycles. The van der Waals surface area contributed by atoms with Crippen LogP contribution in [-0.2, 0) is 35.4 Å². The van der Waals surface area contributed by atoms with Gasteiger partial charge in [-0.3, -0.25) is 29.3 Å². The highest BCUT2D eigenvalue weighted by Gasteiger charge is 2.41. The number of aromatic nitrogens is 1. The number of hydrogen-bond donors (Lipinski definition) is 3. The first kappa shape index (κ1) is 28.8. The van der Waals surface area contributed by atoms with E-state index in [1.54, 1.807) is 0 Å². The van der Waals surface area contributed by atoms with Crippen LogP contribution in [-0.4, -0.2) is 69.5 Å². The van der Waals surface area contributed by atoms with Gasteiger partial charge in [0.05, 0.1) is 11.3 Å². The first-order valence-corrected chi connectivity index (χ1v) is 13.2. The van der Waals surface area contributed by atoms with Crippen LogP contribution in [0.25, 0.3) is 0 Å². The summed E-state index contributed by atoms with van der Waals surface area (Å²) in [6.45, 7) is -0.0319. The van der Waals surface area contributed by atoms with Gasteiger partial charge >= 0.3 is 5.97 Å². The van der Waals surface area contributed by atoms with Crippen LogP contribution in [0.1, 0.15) is 17.7 Å². The van der Waals surface area contributed by atoms with Crippen LogP contribution in [0.2, 0.25) is 0 Å². The lowest BCUT2D eigenvalue weighted by molar-refractivity contribution is -0.384. The Morgan fingerprint density at radius 2 is 2.05 bits per heavy atom. The Bertz CT molecular complexity index is 1240. The van der Waals surface area contributed by atoms with E-state index in [9.17, 15) is 29.3 Å². The number of nitrogens with one attached hydrogen (secondary N) is 3. The maximum absolute atomic E-state index is 12.8. The number of nitro benzene ring substituents is 1. The van der Waals surface area contributed by atoms with Crippen molar-refractivity contribution in [2.45, 2.75) is 24.4 Å². The molecule has 0 spiro atoms. The van der Waals surface area contributed by atoms with Crippen molar-refractivity contribution in [1.82, 2.24) is 15.6 Å². The summed E-state index contributed by atoms with van der Waals surface area (Å²) < 4.78 is 5.17. The SMILES string of the molecule is CON=C(C(=O)NC1C(=O)NC1SCCC(=O)OCc1ccc([N+](=O)[O-])cc1)c1csc(NC(=O)CCl)n1. The monoisotopic (exact) mass is 584 g/mol. The lowest BCUT2D eigenvalue weighted by atomic mass is 10.1. The Balaban J connectivity index is 1.47. The van der Waals surface area contributed by atoms with Crippen molar-refractivity contribution in [1.29, 1.82) is 0 Å². The van der Waals surface area contributed by atoms with Crippen molar-refractivity contribution in [3.05, 3.63) is 51.0 Å². The van der Waals surface area contributed by atoms with Gasteiger partial charge in [-0.05, 0) is 17.7 Å². The van der Waals surface area contributed by atoms with E-state index in [4.69, 9.17) is 21.2 Å². The van der Waals surface area contributed by atoms with Gasteiger partial charge in [-0.15, -0.1) is 34.7 Å². The molecule has 14 nitrogen and oxygen atoms in total. The fraction of sp³-hybridized carbons (Fsp3) is 0.333. The van der Waals surface area contributed by atoms with Crippen molar-refractivity contribution in [3.63, 3.8) is 0 Å². The van der Waals surface area contributed by atoms with E-state index in [2.05, 4.69) is 26.1 Å². The number of halogens is 1. The molecule has 0 aliphatic carbocycles. The van der Waals surface area contributed by atoms with Gasteiger partial charge < -0.3 is 25.5 Å². The fourth-order valence-corrected chi connectivity index (χ4v) is 4.85.